The number of hydrogen-bond donors (Lipinski definition) is 1. The van der Waals surface area contributed by atoms with Crippen molar-refractivity contribution in [1.29, 1.82) is 0 Å². The molecule has 0 radical (unpaired) electrons. The summed E-state index contributed by atoms with van der Waals surface area (Å²) < 4.78 is 4.84. The van der Waals surface area contributed by atoms with Crippen molar-refractivity contribution in [3.8, 4) is 0 Å². The summed E-state index contributed by atoms with van der Waals surface area (Å²) in [6.07, 6.45) is 12.2. The van der Waals surface area contributed by atoms with Crippen LogP contribution in [0.25, 0.3) is 0 Å². The van der Waals surface area contributed by atoms with Gasteiger partial charge < -0.3 is 10.1 Å². The standard InChI is InChI=1S/C23H35NO2/c1-3-16-24-21-6-4-19(5-7-21)20-10-14-23(15-11-20)12-8-18(9-13-23)17-22(25)26-2/h4-7,18,20,24H,3,8-17H2,1-2H3. The second-order valence-corrected chi connectivity index (χ2v) is 8.55. The van der Waals surface area contributed by atoms with Gasteiger partial charge in [-0.05, 0) is 92.7 Å². The number of carbonyl (C=O) groups excluding carboxylic acids is 1. The number of nitrogens with one attached hydrogen (secondary N) is 1. The molecule has 2 fully saturated rings. The molecule has 0 aromatic heterocycles. The van der Waals surface area contributed by atoms with Gasteiger partial charge in [0, 0.05) is 18.7 Å². The highest BCUT2D eigenvalue weighted by Crippen LogP contribution is 2.52. The SMILES string of the molecule is CCCNc1ccc(C2CCC3(CCC(CC(=O)OC)CC3)CC2)cc1. The van der Waals surface area contributed by atoms with Crippen LogP contribution in [0.3, 0.4) is 0 Å². The van der Waals surface area contributed by atoms with Gasteiger partial charge in [0.15, 0.2) is 0 Å². The highest BCUT2D eigenvalue weighted by atomic mass is 16.5. The molecule has 3 rings (SSSR count). The van der Waals surface area contributed by atoms with Crippen molar-refractivity contribution in [2.75, 3.05) is 19.0 Å². The molecule has 0 bridgehead atoms. The Morgan fingerprint density at radius 3 is 2.27 bits per heavy atom. The fraction of sp³-hybridized carbons (Fsp3) is 0.696. The lowest BCUT2D eigenvalue weighted by Gasteiger charge is -2.45. The summed E-state index contributed by atoms with van der Waals surface area (Å²) in [7, 11) is 1.50. The van der Waals surface area contributed by atoms with Crippen molar-refractivity contribution in [3.05, 3.63) is 29.8 Å². The second kappa shape index (κ2) is 8.92. The van der Waals surface area contributed by atoms with Gasteiger partial charge in [-0.15, -0.1) is 0 Å². The lowest BCUT2D eigenvalue weighted by molar-refractivity contribution is -0.142. The number of rotatable bonds is 6. The number of anilines is 1. The van der Waals surface area contributed by atoms with Crippen LogP contribution in [-0.4, -0.2) is 19.6 Å². The molecule has 1 aromatic rings. The van der Waals surface area contributed by atoms with Crippen molar-refractivity contribution in [3.63, 3.8) is 0 Å². The van der Waals surface area contributed by atoms with Crippen LogP contribution in [0.2, 0.25) is 0 Å². The molecule has 0 atom stereocenters. The van der Waals surface area contributed by atoms with Gasteiger partial charge in [-0.2, -0.15) is 0 Å². The summed E-state index contributed by atoms with van der Waals surface area (Å²) in [4.78, 5) is 11.5. The summed E-state index contributed by atoms with van der Waals surface area (Å²) in [5.41, 5.74) is 3.32. The molecule has 2 aliphatic rings. The minimum absolute atomic E-state index is 0.0356. The molecular formula is C23H35NO2. The molecule has 2 saturated carbocycles. The summed E-state index contributed by atoms with van der Waals surface area (Å²) in [5.74, 6) is 1.24. The molecule has 0 saturated heterocycles. The Hall–Kier alpha value is -1.51. The number of hydrogen-bond acceptors (Lipinski definition) is 3. The van der Waals surface area contributed by atoms with Gasteiger partial charge in [0.1, 0.15) is 0 Å². The smallest absolute Gasteiger partial charge is 0.305 e. The summed E-state index contributed by atoms with van der Waals surface area (Å²) in [6.45, 7) is 3.24. The van der Waals surface area contributed by atoms with Crippen LogP contribution in [0.15, 0.2) is 24.3 Å². The average Bonchev–Trinajstić information content (AvgIpc) is 2.69. The number of methoxy groups -OCH3 is 1. The van der Waals surface area contributed by atoms with E-state index in [4.69, 9.17) is 4.74 Å². The minimum Gasteiger partial charge on any atom is -0.469 e. The Kier molecular flexibility index (Phi) is 6.61. The van der Waals surface area contributed by atoms with Crippen molar-refractivity contribution < 1.29 is 9.53 Å². The van der Waals surface area contributed by atoms with E-state index < -0.39 is 0 Å². The maximum Gasteiger partial charge on any atom is 0.305 e. The highest BCUT2D eigenvalue weighted by molar-refractivity contribution is 5.69. The van der Waals surface area contributed by atoms with Gasteiger partial charge in [-0.3, -0.25) is 4.79 Å². The molecule has 26 heavy (non-hydrogen) atoms. The molecule has 3 nitrogen and oxygen atoms in total. The minimum atomic E-state index is -0.0356. The maximum absolute atomic E-state index is 11.5. The first-order valence-electron chi connectivity index (χ1n) is 10.5. The first kappa shape index (κ1) is 19.3. The van der Waals surface area contributed by atoms with Crippen LogP contribution in [0.5, 0.6) is 0 Å². The molecule has 0 unspecified atom stereocenters. The van der Waals surface area contributed by atoms with E-state index >= 15 is 0 Å². The van der Waals surface area contributed by atoms with E-state index in [-0.39, 0.29) is 5.97 Å². The lowest BCUT2D eigenvalue weighted by atomic mass is 9.60. The van der Waals surface area contributed by atoms with Gasteiger partial charge in [0.25, 0.3) is 0 Å². The number of carbonyl (C=O) groups is 1. The third kappa shape index (κ3) is 4.81. The Morgan fingerprint density at radius 2 is 1.69 bits per heavy atom. The van der Waals surface area contributed by atoms with E-state index in [2.05, 4.69) is 36.5 Å². The second-order valence-electron chi connectivity index (χ2n) is 8.55. The Balaban J connectivity index is 1.48. The molecule has 1 aromatic carbocycles. The normalized spacial score (nSPS) is 28.7. The van der Waals surface area contributed by atoms with E-state index in [0.717, 1.165) is 18.9 Å². The van der Waals surface area contributed by atoms with Gasteiger partial charge in [0.2, 0.25) is 0 Å². The van der Waals surface area contributed by atoms with E-state index in [9.17, 15) is 4.79 Å². The molecule has 2 aliphatic carbocycles. The van der Waals surface area contributed by atoms with Crippen molar-refractivity contribution in [2.24, 2.45) is 11.3 Å². The van der Waals surface area contributed by atoms with Crippen molar-refractivity contribution in [1.82, 2.24) is 0 Å². The van der Waals surface area contributed by atoms with E-state index in [1.165, 1.54) is 69.7 Å². The molecule has 0 aliphatic heterocycles. The maximum atomic E-state index is 11.5. The first-order chi connectivity index (χ1) is 12.6. The van der Waals surface area contributed by atoms with E-state index in [1.807, 2.05) is 0 Å². The molecule has 1 spiro atoms. The first-order valence-corrected chi connectivity index (χ1v) is 10.5. The summed E-state index contributed by atoms with van der Waals surface area (Å²) in [6, 6.07) is 9.14. The Morgan fingerprint density at radius 1 is 1.08 bits per heavy atom. The molecule has 0 amide bonds. The predicted octanol–water partition coefficient (Wildman–Crippen LogP) is 5.91. The summed E-state index contributed by atoms with van der Waals surface area (Å²) >= 11 is 0. The molecule has 144 valence electrons. The van der Waals surface area contributed by atoms with Crippen LogP contribution in [0.1, 0.15) is 82.6 Å². The monoisotopic (exact) mass is 357 g/mol. The highest BCUT2D eigenvalue weighted by Gasteiger charge is 2.39. The Labute approximate surface area is 158 Å². The fourth-order valence-corrected chi connectivity index (χ4v) is 5.02. The third-order valence-corrected chi connectivity index (χ3v) is 6.86. The molecule has 1 N–H and O–H groups in total. The van der Waals surface area contributed by atoms with Crippen LogP contribution in [-0.2, 0) is 9.53 Å². The van der Waals surface area contributed by atoms with Gasteiger partial charge >= 0.3 is 5.97 Å². The average molecular weight is 358 g/mol. The number of esters is 1. The van der Waals surface area contributed by atoms with Crippen LogP contribution < -0.4 is 5.32 Å². The predicted molar refractivity (Wildman–Crippen MR) is 107 cm³/mol. The van der Waals surface area contributed by atoms with E-state index in [0.29, 0.717) is 17.8 Å². The fourth-order valence-electron chi connectivity index (χ4n) is 5.02. The third-order valence-electron chi connectivity index (χ3n) is 6.86. The largest absolute Gasteiger partial charge is 0.469 e. The molecule has 3 heteroatoms. The summed E-state index contributed by atoms with van der Waals surface area (Å²) in [5, 5.41) is 3.46. The quantitative estimate of drug-likeness (QED) is 0.644. The van der Waals surface area contributed by atoms with Gasteiger partial charge in [0.05, 0.1) is 7.11 Å². The van der Waals surface area contributed by atoms with Crippen LogP contribution in [0, 0.1) is 11.3 Å². The molecular weight excluding hydrogens is 322 g/mol. The number of ether oxygens (including phenoxy) is 1. The number of benzene rings is 1. The lowest BCUT2D eigenvalue weighted by Crippen LogP contribution is -2.32. The topological polar surface area (TPSA) is 38.3 Å². The van der Waals surface area contributed by atoms with Crippen molar-refractivity contribution >= 4 is 11.7 Å². The zero-order chi connectivity index (χ0) is 18.4. The zero-order valence-corrected chi connectivity index (χ0v) is 16.6. The van der Waals surface area contributed by atoms with Gasteiger partial charge in [-0.25, -0.2) is 0 Å². The van der Waals surface area contributed by atoms with E-state index in [1.54, 1.807) is 0 Å². The van der Waals surface area contributed by atoms with Crippen molar-refractivity contribution in [2.45, 2.75) is 77.0 Å². The Bertz CT molecular complexity index is 562. The zero-order valence-electron chi connectivity index (χ0n) is 16.6. The van der Waals surface area contributed by atoms with Crippen LogP contribution in [0.4, 0.5) is 5.69 Å². The van der Waals surface area contributed by atoms with Gasteiger partial charge in [-0.1, -0.05) is 19.1 Å². The molecule has 0 heterocycles. The van der Waals surface area contributed by atoms with Crippen LogP contribution >= 0.6 is 0 Å².